The average Bonchev–Trinajstić information content (AvgIpc) is 2.42. The van der Waals surface area contributed by atoms with Crippen LogP contribution in [0.1, 0.15) is 18.9 Å². The number of piperidine rings is 1. The van der Waals surface area contributed by atoms with Crippen LogP contribution in [-0.4, -0.2) is 30.4 Å². The van der Waals surface area contributed by atoms with Crippen molar-refractivity contribution in [1.29, 1.82) is 0 Å². The zero-order chi connectivity index (χ0) is 13.8. The zero-order valence-corrected chi connectivity index (χ0v) is 11.3. The van der Waals surface area contributed by atoms with E-state index in [1.165, 1.54) is 12.1 Å². The molecule has 1 aliphatic rings. The lowest BCUT2D eigenvalue weighted by Crippen LogP contribution is -2.46. The lowest BCUT2D eigenvalue weighted by atomic mass is 9.87. The lowest BCUT2D eigenvalue weighted by Gasteiger charge is -2.36. The molecule has 1 aromatic rings. The third kappa shape index (κ3) is 3.53. The van der Waals surface area contributed by atoms with E-state index in [9.17, 15) is 9.18 Å². The van der Waals surface area contributed by atoms with Gasteiger partial charge in [0, 0.05) is 13.1 Å². The molecule has 4 heteroatoms. The van der Waals surface area contributed by atoms with Crippen LogP contribution in [-0.2, 0) is 11.2 Å². The number of nitrogens with two attached hydrogens (primary N) is 1. The highest BCUT2D eigenvalue weighted by atomic mass is 19.1. The molecule has 1 heterocycles. The average molecular weight is 264 g/mol. The van der Waals surface area contributed by atoms with Gasteiger partial charge in [-0.1, -0.05) is 19.1 Å². The summed E-state index contributed by atoms with van der Waals surface area (Å²) in [6.07, 6.45) is 1.35. The molecule has 0 aromatic heterocycles. The van der Waals surface area contributed by atoms with E-state index in [4.69, 9.17) is 5.73 Å². The van der Waals surface area contributed by atoms with Crippen LogP contribution in [0.2, 0.25) is 0 Å². The first-order chi connectivity index (χ1) is 9.10. The monoisotopic (exact) mass is 264 g/mol. The lowest BCUT2D eigenvalue weighted by molar-refractivity contribution is -0.132. The van der Waals surface area contributed by atoms with Gasteiger partial charge in [0.25, 0.3) is 0 Å². The van der Waals surface area contributed by atoms with Crippen LogP contribution in [0, 0.1) is 17.7 Å². The van der Waals surface area contributed by atoms with Crippen molar-refractivity contribution < 1.29 is 9.18 Å². The fourth-order valence-electron chi connectivity index (χ4n) is 2.57. The Labute approximate surface area is 113 Å². The molecule has 0 saturated carbocycles. The van der Waals surface area contributed by atoms with Gasteiger partial charge in [-0.25, -0.2) is 4.39 Å². The van der Waals surface area contributed by atoms with Crippen LogP contribution in [0.5, 0.6) is 0 Å². The van der Waals surface area contributed by atoms with E-state index in [1.54, 1.807) is 12.1 Å². The number of hydrogen-bond acceptors (Lipinski definition) is 2. The minimum absolute atomic E-state index is 0.108. The molecule has 0 bridgehead atoms. The van der Waals surface area contributed by atoms with Crippen molar-refractivity contribution in [1.82, 2.24) is 4.90 Å². The maximum atomic E-state index is 12.8. The third-order valence-electron chi connectivity index (χ3n) is 4.04. The van der Waals surface area contributed by atoms with E-state index in [2.05, 4.69) is 6.92 Å². The summed E-state index contributed by atoms with van der Waals surface area (Å²) in [4.78, 5) is 14.1. The number of hydrogen-bond donors (Lipinski definition) is 1. The predicted molar refractivity (Wildman–Crippen MR) is 73.0 cm³/mol. The van der Waals surface area contributed by atoms with Crippen molar-refractivity contribution in [2.75, 3.05) is 19.6 Å². The number of rotatable bonds is 3. The molecule has 2 atom stereocenters. The molecular weight excluding hydrogens is 243 g/mol. The Morgan fingerprint density at radius 3 is 2.74 bits per heavy atom. The van der Waals surface area contributed by atoms with Crippen molar-refractivity contribution in [3.05, 3.63) is 35.6 Å². The molecule has 1 amide bonds. The van der Waals surface area contributed by atoms with Gasteiger partial charge in [-0.3, -0.25) is 4.79 Å². The second-order valence-electron chi connectivity index (χ2n) is 5.40. The van der Waals surface area contributed by atoms with Crippen LogP contribution in [0.4, 0.5) is 4.39 Å². The number of benzene rings is 1. The Bertz CT molecular complexity index is 432. The van der Waals surface area contributed by atoms with Crippen LogP contribution in [0.3, 0.4) is 0 Å². The standard InChI is InChI=1S/C15H21FN2O/c1-11-6-7-18(10-13(11)9-17)15(19)8-12-2-4-14(16)5-3-12/h2-5,11,13H,6-10,17H2,1H3. The molecule has 0 spiro atoms. The first-order valence-electron chi connectivity index (χ1n) is 6.82. The summed E-state index contributed by atoms with van der Waals surface area (Å²) in [5.41, 5.74) is 6.60. The molecule has 1 fully saturated rings. The van der Waals surface area contributed by atoms with Gasteiger partial charge >= 0.3 is 0 Å². The quantitative estimate of drug-likeness (QED) is 0.905. The van der Waals surface area contributed by atoms with Gasteiger partial charge in [-0.2, -0.15) is 0 Å². The fraction of sp³-hybridized carbons (Fsp3) is 0.533. The highest BCUT2D eigenvalue weighted by molar-refractivity contribution is 5.78. The minimum atomic E-state index is -0.272. The number of carbonyl (C=O) groups is 1. The Balaban J connectivity index is 1.94. The molecule has 0 radical (unpaired) electrons. The summed E-state index contributed by atoms with van der Waals surface area (Å²) in [5, 5.41) is 0. The number of halogens is 1. The summed E-state index contributed by atoms with van der Waals surface area (Å²) in [7, 11) is 0. The largest absolute Gasteiger partial charge is 0.342 e. The summed E-state index contributed by atoms with van der Waals surface area (Å²) < 4.78 is 12.8. The molecule has 1 aromatic carbocycles. The van der Waals surface area contributed by atoms with E-state index in [1.807, 2.05) is 4.90 Å². The fourth-order valence-corrected chi connectivity index (χ4v) is 2.57. The zero-order valence-electron chi connectivity index (χ0n) is 11.3. The molecule has 19 heavy (non-hydrogen) atoms. The topological polar surface area (TPSA) is 46.3 Å². The number of carbonyl (C=O) groups excluding carboxylic acids is 1. The van der Waals surface area contributed by atoms with E-state index in [0.29, 0.717) is 24.8 Å². The second kappa shape index (κ2) is 6.15. The molecule has 3 nitrogen and oxygen atoms in total. The van der Waals surface area contributed by atoms with Gasteiger partial charge in [0.15, 0.2) is 0 Å². The van der Waals surface area contributed by atoms with Crippen molar-refractivity contribution in [3.8, 4) is 0 Å². The van der Waals surface area contributed by atoms with Gasteiger partial charge in [0.1, 0.15) is 5.82 Å². The second-order valence-corrected chi connectivity index (χ2v) is 5.40. The summed E-state index contributed by atoms with van der Waals surface area (Å²) in [5.74, 6) is 0.814. The molecule has 2 unspecified atom stereocenters. The van der Waals surface area contributed by atoms with E-state index >= 15 is 0 Å². The van der Waals surface area contributed by atoms with Gasteiger partial charge in [0.2, 0.25) is 5.91 Å². The van der Waals surface area contributed by atoms with Gasteiger partial charge in [-0.15, -0.1) is 0 Å². The normalized spacial score (nSPS) is 23.4. The smallest absolute Gasteiger partial charge is 0.226 e. The molecule has 2 N–H and O–H groups in total. The number of likely N-dealkylation sites (tertiary alicyclic amines) is 1. The summed E-state index contributed by atoms with van der Waals surface area (Å²) >= 11 is 0. The summed E-state index contributed by atoms with van der Waals surface area (Å²) in [6, 6.07) is 6.12. The molecule has 1 aliphatic heterocycles. The van der Waals surface area contributed by atoms with Gasteiger partial charge in [-0.05, 0) is 42.5 Å². The molecule has 104 valence electrons. The van der Waals surface area contributed by atoms with Crippen molar-refractivity contribution in [3.63, 3.8) is 0 Å². The minimum Gasteiger partial charge on any atom is -0.342 e. The van der Waals surface area contributed by atoms with Gasteiger partial charge < -0.3 is 10.6 Å². The highest BCUT2D eigenvalue weighted by Crippen LogP contribution is 2.22. The third-order valence-corrected chi connectivity index (χ3v) is 4.04. The van der Waals surface area contributed by atoms with Crippen molar-refractivity contribution in [2.24, 2.45) is 17.6 Å². The molecule has 2 rings (SSSR count). The van der Waals surface area contributed by atoms with Crippen molar-refractivity contribution >= 4 is 5.91 Å². The number of amides is 1. The van der Waals surface area contributed by atoms with Crippen LogP contribution in [0.25, 0.3) is 0 Å². The summed E-state index contributed by atoms with van der Waals surface area (Å²) in [6.45, 7) is 4.37. The Morgan fingerprint density at radius 1 is 1.42 bits per heavy atom. The van der Waals surface area contributed by atoms with Crippen LogP contribution < -0.4 is 5.73 Å². The maximum absolute atomic E-state index is 12.8. The van der Waals surface area contributed by atoms with E-state index < -0.39 is 0 Å². The highest BCUT2D eigenvalue weighted by Gasteiger charge is 2.27. The first kappa shape index (κ1) is 14.0. The first-order valence-corrected chi connectivity index (χ1v) is 6.82. The maximum Gasteiger partial charge on any atom is 0.226 e. The SMILES string of the molecule is CC1CCN(C(=O)Cc2ccc(F)cc2)CC1CN. The Hall–Kier alpha value is -1.42. The molecule has 0 aliphatic carbocycles. The van der Waals surface area contributed by atoms with E-state index in [0.717, 1.165) is 25.1 Å². The van der Waals surface area contributed by atoms with Crippen molar-refractivity contribution in [2.45, 2.75) is 19.8 Å². The van der Waals surface area contributed by atoms with Crippen LogP contribution in [0.15, 0.2) is 24.3 Å². The Morgan fingerprint density at radius 2 is 2.11 bits per heavy atom. The molecular formula is C15H21FN2O. The van der Waals surface area contributed by atoms with Gasteiger partial charge in [0.05, 0.1) is 6.42 Å². The molecule has 1 saturated heterocycles. The number of nitrogens with zero attached hydrogens (tertiary/aromatic N) is 1. The predicted octanol–water partition coefficient (Wildman–Crippen LogP) is 1.81. The van der Waals surface area contributed by atoms with E-state index in [-0.39, 0.29) is 11.7 Å². The van der Waals surface area contributed by atoms with Crippen LogP contribution >= 0.6 is 0 Å². The Kier molecular flexibility index (Phi) is 4.53.